The molecule has 6 heteroatoms. The Kier molecular flexibility index (Phi) is 6.09. The number of nitrogens with one attached hydrogen (secondary N) is 2. The number of para-hydroxylation sites is 1. The molecule has 6 nitrogen and oxygen atoms in total. The number of carbonyl (C=O) groups is 3. The van der Waals surface area contributed by atoms with Crippen LogP contribution in [0.25, 0.3) is 0 Å². The van der Waals surface area contributed by atoms with Crippen molar-refractivity contribution in [3.8, 4) is 0 Å². The molecule has 0 unspecified atom stereocenters. The van der Waals surface area contributed by atoms with Crippen LogP contribution in [0, 0.1) is 13.8 Å². The molecule has 0 spiro atoms. The number of fused-ring (bicyclic) bond motifs is 1. The van der Waals surface area contributed by atoms with Gasteiger partial charge >= 0.3 is 5.97 Å². The Hall–Kier alpha value is -3.15. The van der Waals surface area contributed by atoms with Gasteiger partial charge < -0.3 is 15.4 Å². The van der Waals surface area contributed by atoms with Crippen molar-refractivity contribution >= 4 is 23.5 Å². The average molecular weight is 380 g/mol. The summed E-state index contributed by atoms with van der Waals surface area (Å²) < 4.78 is 5.06. The van der Waals surface area contributed by atoms with Gasteiger partial charge in [0.05, 0.1) is 12.1 Å². The topological polar surface area (TPSA) is 84.5 Å². The van der Waals surface area contributed by atoms with Crippen LogP contribution in [0.1, 0.15) is 39.0 Å². The van der Waals surface area contributed by atoms with Crippen molar-refractivity contribution in [3.63, 3.8) is 0 Å². The molecule has 2 N–H and O–H groups in total. The van der Waals surface area contributed by atoms with Crippen molar-refractivity contribution < 1.29 is 19.1 Å². The van der Waals surface area contributed by atoms with Gasteiger partial charge in [-0.05, 0) is 67.5 Å². The molecule has 3 rings (SSSR count). The van der Waals surface area contributed by atoms with E-state index in [2.05, 4.69) is 10.6 Å². The predicted molar refractivity (Wildman–Crippen MR) is 106 cm³/mol. The number of anilines is 1. The lowest BCUT2D eigenvalue weighted by atomic mass is 10.1. The quantitative estimate of drug-likeness (QED) is 0.755. The van der Waals surface area contributed by atoms with E-state index in [1.807, 2.05) is 44.2 Å². The van der Waals surface area contributed by atoms with E-state index >= 15 is 0 Å². The lowest BCUT2D eigenvalue weighted by Gasteiger charge is -2.12. The number of rotatable bonds is 6. The van der Waals surface area contributed by atoms with Crippen LogP contribution >= 0.6 is 0 Å². The maximum absolute atomic E-state index is 12.1. The Bertz CT molecular complexity index is 900. The van der Waals surface area contributed by atoms with Crippen LogP contribution in [-0.4, -0.2) is 30.9 Å². The monoisotopic (exact) mass is 380 g/mol. The third-order valence-corrected chi connectivity index (χ3v) is 4.86. The maximum Gasteiger partial charge on any atom is 0.338 e. The molecule has 146 valence electrons. The summed E-state index contributed by atoms with van der Waals surface area (Å²) in [5, 5.41) is 5.25. The van der Waals surface area contributed by atoms with Crippen LogP contribution in [0.4, 0.5) is 5.69 Å². The summed E-state index contributed by atoms with van der Waals surface area (Å²) in [6, 6.07) is 11.2. The fraction of sp³-hybridized carbons (Fsp3) is 0.318. The van der Waals surface area contributed by atoms with E-state index in [-0.39, 0.29) is 12.5 Å². The molecule has 0 heterocycles. The van der Waals surface area contributed by atoms with E-state index in [4.69, 9.17) is 4.74 Å². The van der Waals surface area contributed by atoms with Crippen LogP contribution in [0.15, 0.2) is 36.4 Å². The summed E-state index contributed by atoms with van der Waals surface area (Å²) >= 11 is 0. The zero-order valence-electron chi connectivity index (χ0n) is 16.1. The first-order valence-electron chi connectivity index (χ1n) is 9.35. The second-order valence-corrected chi connectivity index (χ2v) is 7.00. The number of amides is 2. The molecule has 2 amide bonds. The Morgan fingerprint density at radius 2 is 1.68 bits per heavy atom. The molecule has 2 aromatic rings. The molecule has 2 aromatic carbocycles. The normalized spacial score (nSPS) is 12.2. The van der Waals surface area contributed by atoms with Crippen molar-refractivity contribution in [1.29, 1.82) is 0 Å². The molecule has 1 aliphatic rings. The third-order valence-electron chi connectivity index (χ3n) is 4.86. The highest BCUT2D eigenvalue weighted by molar-refractivity contribution is 5.96. The number of ether oxygens (including phenoxy) is 1. The van der Waals surface area contributed by atoms with Gasteiger partial charge in [-0.1, -0.05) is 24.3 Å². The summed E-state index contributed by atoms with van der Waals surface area (Å²) in [5.41, 5.74) is 5.52. The molecule has 0 aromatic heterocycles. The van der Waals surface area contributed by atoms with E-state index in [1.54, 1.807) is 6.07 Å². The second-order valence-electron chi connectivity index (χ2n) is 7.00. The van der Waals surface area contributed by atoms with Gasteiger partial charge in [0.2, 0.25) is 5.91 Å². The number of aryl methyl sites for hydroxylation is 4. The van der Waals surface area contributed by atoms with Gasteiger partial charge in [-0.3, -0.25) is 9.59 Å². The van der Waals surface area contributed by atoms with Crippen LogP contribution in [0.5, 0.6) is 0 Å². The van der Waals surface area contributed by atoms with E-state index in [0.29, 0.717) is 5.56 Å². The van der Waals surface area contributed by atoms with E-state index in [0.717, 1.165) is 36.1 Å². The highest BCUT2D eigenvalue weighted by atomic mass is 16.5. The smallest absolute Gasteiger partial charge is 0.338 e. The number of benzene rings is 2. The summed E-state index contributed by atoms with van der Waals surface area (Å²) in [7, 11) is 0. The zero-order chi connectivity index (χ0) is 20.1. The highest BCUT2D eigenvalue weighted by Gasteiger charge is 2.16. The first kappa shape index (κ1) is 19.6. The van der Waals surface area contributed by atoms with Gasteiger partial charge in [0.15, 0.2) is 6.61 Å². The SMILES string of the molecule is Cc1cccc(C)c1NC(=O)CNC(=O)COC(=O)c1ccc2c(c1)CCC2. The Balaban J connectivity index is 1.44. The minimum Gasteiger partial charge on any atom is -0.452 e. The molecular formula is C22H24N2O4. The average Bonchev–Trinajstić information content (AvgIpc) is 3.15. The van der Waals surface area contributed by atoms with Gasteiger partial charge in [0.1, 0.15) is 0 Å². The Labute approximate surface area is 164 Å². The first-order valence-corrected chi connectivity index (χ1v) is 9.35. The third kappa shape index (κ3) is 4.76. The van der Waals surface area contributed by atoms with Gasteiger partial charge in [-0.25, -0.2) is 4.79 Å². The van der Waals surface area contributed by atoms with Crippen LogP contribution in [0.3, 0.4) is 0 Å². The Morgan fingerprint density at radius 1 is 0.964 bits per heavy atom. The minimum absolute atomic E-state index is 0.191. The molecule has 28 heavy (non-hydrogen) atoms. The molecule has 0 bridgehead atoms. The number of carbonyl (C=O) groups excluding carboxylic acids is 3. The lowest BCUT2D eigenvalue weighted by Crippen LogP contribution is -2.35. The zero-order valence-corrected chi connectivity index (χ0v) is 16.1. The number of hydrogen-bond acceptors (Lipinski definition) is 4. The van der Waals surface area contributed by atoms with Crippen molar-refractivity contribution in [1.82, 2.24) is 5.32 Å². The van der Waals surface area contributed by atoms with E-state index in [1.165, 1.54) is 11.1 Å². The summed E-state index contributed by atoms with van der Waals surface area (Å²) in [6.07, 6.45) is 3.10. The summed E-state index contributed by atoms with van der Waals surface area (Å²) in [6.45, 7) is 3.19. The van der Waals surface area contributed by atoms with Gasteiger partial charge in [-0.15, -0.1) is 0 Å². The summed E-state index contributed by atoms with van der Waals surface area (Å²) in [4.78, 5) is 36.1. The molecule has 0 saturated heterocycles. The van der Waals surface area contributed by atoms with E-state index < -0.39 is 18.5 Å². The molecular weight excluding hydrogens is 356 g/mol. The number of hydrogen-bond donors (Lipinski definition) is 2. The number of esters is 1. The van der Waals surface area contributed by atoms with Gasteiger partial charge in [-0.2, -0.15) is 0 Å². The fourth-order valence-electron chi connectivity index (χ4n) is 3.34. The van der Waals surface area contributed by atoms with Crippen molar-refractivity contribution in [2.75, 3.05) is 18.5 Å². The minimum atomic E-state index is -0.537. The van der Waals surface area contributed by atoms with Crippen molar-refractivity contribution in [3.05, 3.63) is 64.2 Å². The molecule has 0 fully saturated rings. The molecule has 0 aliphatic heterocycles. The fourth-order valence-corrected chi connectivity index (χ4v) is 3.34. The first-order chi connectivity index (χ1) is 13.4. The Morgan fingerprint density at radius 3 is 2.43 bits per heavy atom. The van der Waals surface area contributed by atoms with Crippen LogP contribution in [-0.2, 0) is 27.2 Å². The predicted octanol–water partition coefficient (Wildman–Crippen LogP) is 2.70. The van der Waals surface area contributed by atoms with Crippen molar-refractivity contribution in [2.45, 2.75) is 33.1 Å². The van der Waals surface area contributed by atoms with Crippen LogP contribution in [0.2, 0.25) is 0 Å². The molecule has 0 atom stereocenters. The van der Waals surface area contributed by atoms with E-state index in [9.17, 15) is 14.4 Å². The molecule has 0 saturated carbocycles. The summed E-state index contributed by atoms with van der Waals surface area (Å²) in [5.74, 6) is -1.40. The standard InChI is InChI=1S/C22H24N2O4/c1-14-5-3-6-15(2)21(14)24-19(25)12-23-20(26)13-28-22(27)18-10-9-16-7-4-8-17(16)11-18/h3,5-6,9-11H,4,7-8,12-13H2,1-2H3,(H,23,26)(H,24,25). The van der Waals surface area contributed by atoms with Crippen molar-refractivity contribution in [2.24, 2.45) is 0 Å². The molecule has 0 radical (unpaired) electrons. The van der Waals surface area contributed by atoms with Gasteiger partial charge in [0, 0.05) is 5.69 Å². The maximum atomic E-state index is 12.1. The van der Waals surface area contributed by atoms with Gasteiger partial charge in [0.25, 0.3) is 5.91 Å². The lowest BCUT2D eigenvalue weighted by molar-refractivity contribution is -0.126. The largest absolute Gasteiger partial charge is 0.452 e. The second kappa shape index (κ2) is 8.69. The molecule has 1 aliphatic carbocycles. The van der Waals surface area contributed by atoms with Crippen LogP contribution < -0.4 is 10.6 Å². The highest BCUT2D eigenvalue weighted by Crippen LogP contribution is 2.23.